The van der Waals surface area contributed by atoms with Crippen LogP contribution < -0.4 is 5.32 Å². The molecular formula is C14H26N2O3S. The molecule has 2 atom stereocenters. The van der Waals surface area contributed by atoms with Crippen LogP contribution in [0.3, 0.4) is 0 Å². The average molecular weight is 302 g/mol. The van der Waals surface area contributed by atoms with Crippen molar-refractivity contribution in [2.24, 2.45) is 0 Å². The van der Waals surface area contributed by atoms with Crippen molar-refractivity contribution in [1.82, 2.24) is 10.2 Å². The highest BCUT2D eigenvalue weighted by molar-refractivity contribution is 7.91. The van der Waals surface area contributed by atoms with E-state index < -0.39 is 9.84 Å². The summed E-state index contributed by atoms with van der Waals surface area (Å²) in [5.74, 6) is 0.595. The number of rotatable bonds is 4. The molecular weight excluding hydrogens is 276 g/mol. The summed E-state index contributed by atoms with van der Waals surface area (Å²) in [5.41, 5.74) is -0.125. The van der Waals surface area contributed by atoms with E-state index in [0.29, 0.717) is 36.7 Å². The number of hydrogen-bond acceptors (Lipinski definition) is 5. The fourth-order valence-corrected chi connectivity index (χ4v) is 4.95. The molecule has 0 aromatic heterocycles. The van der Waals surface area contributed by atoms with Gasteiger partial charge >= 0.3 is 0 Å². The first-order valence-electron chi connectivity index (χ1n) is 7.85. The van der Waals surface area contributed by atoms with Crippen LogP contribution in [0.25, 0.3) is 0 Å². The van der Waals surface area contributed by atoms with Gasteiger partial charge in [-0.2, -0.15) is 0 Å². The standard InChI is InChI=1S/C14H26N2O3S/c17-11-14(15-12-3-4-12)5-1-2-13(10-14)16-6-8-20(18,19)9-7-16/h12-13,15,17H,1-11H2. The van der Waals surface area contributed by atoms with Gasteiger partial charge in [0, 0.05) is 30.7 Å². The summed E-state index contributed by atoms with van der Waals surface area (Å²) in [4.78, 5) is 2.33. The Balaban J connectivity index is 1.62. The second-order valence-corrected chi connectivity index (χ2v) is 9.10. The Morgan fingerprint density at radius 1 is 1.20 bits per heavy atom. The molecule has 2 saturated carbocycles. The SMILES string of the molecule is O=S1(=O)CCN(C2CCCC(CO)(NC3CC3)C2)CC1. The van der Waals surface area contributed by atoms with Gasteiger partial charge in [-0.1, -0.05) is 0 Å². The molecule has 0 radical (unpaired) electrons. The molecule has 3 aliphatic rings. The first-order chi connectivity index (χ1) is 9.52. The average Bonchev–Trinajstić information content (AvgIpc) is 3.23. The molecule has 0 aromatic rings. The summed E-state index contributed by atoms with van der Waals surface area (Å²) >= 11 is 0. The summed E-state index contributed by atoms with van der Waals surface area (Å²) in [6.45, 7) is 1.53. The summed E-state index contributed by atoms with van der Waals surface area (Å²) in [6.07, 6.45) is 6.72. The number of nitrogens with zero attached hydrogens (tertiary/aromatic N) is 1. The molecule has 1 saturated heterocycles. The number of hydrogen-bond donors (Lipinski definition) is 2. The molecule has 2 unspecified atom stereocenters. The van der Waals surface area contributed by atoms with E-state index in [1.165, 1.54) is 12.8 Å². The minimum absolute atomic E-state index is 0.125. The lowest BCUT2D eigenvalue weighted by molar-refractivity contribution is 0.0614. The van der Waals surface area contributed by atoms with E-state index in [-0.39, 0.29) is 12.1 Å². The molecule has 116 valence electrons. The van der Waals surface area contributed by atoms with E-state index >= 15 is 0 Å². The molecule has 3 fully saturated rings. The Hall–Kier alpha value is -0.170. The zero-order chi connectivity index (χ0) is 14.2. The Labute approximate surface area is 121 Å². The van der Waals surface area contributed by atoms with Crippen molar-refractivity contribution in [3.63, 3.8) is 0 Å². The van der Waals surface area contributed by atoms with Crippen molar-refractivity contribution >= 4 is 9.84 Å². The van der Waals surface area contributed by atoms with Gasteiger partial charge in [0.05, 0.1) is 18.1 Å². The third-order valence-electron chi connectivity index (χ3n) is 5.10. The second-order valence-electron chi connectivity index (χ2n) is 6.80. The summed E-state index contributed by atoms with van der Waals surface area (Å²) < 4.78 is 23.1. The van der Waals surface area contributed by atoms with Crippen LogP contribution >= 0.6 is 0 Å². The van der Waals surface area contributed by atoms with Gasteiger partial charge in [-0.05, 0) is 38.5 Å². The molecule has 6 heteroatoms. The number of aliphatic hydroxyl groups is 1. The molecule has 20 heavy (non-hydrogen) atoms. The predicted molar refractivity (Wildman–Crippen MR) is 78.5 cm³/mol. The van der Waals surface area contributed by atoms with E-state index in [9.17, 15) is 13.5 Å². The first kappa shape index (κ1) is 14.8. The largest absolute Gasteiger partial charge is 0.394 e. The van der Waals surface area contributed by atoms with Gasteiger partial charge in [0.2, 0.25) is 0 Å². The van der Waals surface area contributed by atoms with E-state index in [1.807, 2.05) is 0 Å². The third-order valence-corrected chi connectivity index (χ3v) is 6.71. The van der Waals surface area contributed by atoms with Crippen LogP contribution in [0.2, 0.25) is 0 Å². The van der Waals surface area contributed by atoms with Crippen LogP contribution in [-0.4, -0.2) is 67.2 Å². The highest BCUT2D eigenvalue weighted by atomic mass is 32.2. The molecule has 1 heterocycles. The van der Waals surface area contributed by atoms with Crippen molar-refractivity contribution < 1.29 is 13.5 Å². The van der Waals surface area contributed by atoms with Gasteiger partial charge in [-0.3, -0.25) is 4.90 Å². The lowest BCUT2D eigenvalue weighted by Gasteiger charge is -2.45. The third kappa shape index (κ3) is 3.35. The molecule has 3 rings (SSSR count). The van der Waals surface area contributed by atoms with Crippen molar-refractivity contribution in [2.45, 2.75) is 56.1 Å². The Morgan fingerprint density at radius 2 is 1.90 bits per heavy atom. The maximum absolute atomic E-state index is 11.5. The van der Waals surface area contributed by atoms with Gasteiger partial charge in [-0.25, -0.2) is 8.42 Å². The van der Waals surface area contributed by atoms with E-state index in [1.54, 1.807) is 0 Å². The molecule has 0 amide bonds. The van der Waals surface area contributed by atoms with Gasteiger partial charge in [-0.15, -0.1) is 0 Å². The lowest BCUT2D eigenvalue weighted by atomic mass is 9.78. The fourth-order valence-electron chi connectivity index (χ4n) is 3.72. The van der Waals surface area contributed by atoms with Gasteiger partial charge in [0.25, 0.3) is 0 Å². The summed E-state index contributed by atoms with van der Waals surface area (Å²) in [5, 5.41) is 13.5. The summed E-state index contributed by atoms with van der Waals surface area (Å²) in [6, 6.07) is 1.03. The van der Waals surface area contributed by atoms with Gasteiger partial charge in [0.1, 0.15) is 0 Å². The lowest BCUT2D eigenvalue weighted by Crippen LogP contribution is -2.58. The van der Waals surface area contributed by atoms with Crippen molar-refractivity contribution in [3.8, 4) is 0 Å². The molecule has 0 aromatic carbocycles. The quantitative estimate of drug-likeness (QED) is 0.773. The number of aliphatic hydroxyl groups excluding tert-OH is 1. The van der Waals surface area contributed by atoms with Crippen molar-refractivity contribution in [1.29, 1.82) is 0 Å². The topological polar surface area (TPSA) is 69.6 Å². The van der Waals surface area contributed by atoms with Crippen LogP contribution in [0.4, 0.5) is 0 Å². The van der Waals surface area contributed by atoms with Crippen LogP contribution in [-0.2, 0) is 9.84 Å². The minimum Gasteiger partial charge on any atom is -0.394 e. The maximum atomic E-state index is 11.5. The minimum atomic E-state index is -2.80. The molecule has 1 aliphatic heterocycles. The van der Waals surface area contributed by atoms with Gasteiger partial charge < -0.3 is 10.4 Å². The summed E-state index contributed by atoms with van der Waals surface area (Å²) in [7, 11) is -2.80. The zero-order valence-electron chi connectivity index (χ0n) is 12.1. The fraction of sp³-hybridized carbons (Fsp3) is 1.00. The normalized spacial score (nSPS) is 38.8. The highest BCUT2D eigenvalue weighted by Crippen LogP contribution is 2.34. The smallest absolute Gasteiger partial charge is 0.152 e. The Morgan fingerprint density at radius 3 is 2.50 bits per heavy atom. The van der Waals surface area contributed by atoms with Crippen LogP contribution in [0.15, 0.2) is 0 Å². The van der Waals surface area contributed by atoms with Crippen LogP contribution in [0, 0.1) is 0 Å². The van der Waals surface area contributed by atoms with E-state index in [2.05, 4.69) is 10.2 Å². The van der Waals surface area contributed by atoms with E-state index in [0.717, 1.165) is 25.7 Å². The van der Waals surface area contributed by atoms with Crippen LogP contribution in [0.1, 0.15) is 38.5 Å². The van der Waals surface area contributed by atoms with Crippen molar-refractivity contribution in [2.75, 3.05) is 31.2 Å². The highest BCUT2D eigenvalue weighted by Gasteiger charge is 2.41. The molecule has 0 bridgehead atoms. The Bertz CT molecular complexity index is 435. The molecule has 2 N–H and O–H groups in total. The first-order valence-corrected chi connectivity index (χ1v) is 9.67. The molecule has 2 aliphatic carbocycles. The van der Waals surface area contributed by atoms with E-state index in [4.69, 9.17) is 0 Å². The van der Waals surface area contributed by atoms with Crippen molar-refractivity contribution in [3.05, 3.63) is 0 Å². The molecule has 5 nitrogen and oxygen atoms in total. The second kappa shape index (κ2) is 5.55. The monoisotopic (exact) mass is 302 g/mol. The van der Waals surface area contributed by atoms with Gasteiger partial charge in [0.15, 0.2) is 9.84 Å². The maximum Gasteiger partial charge on any atom is 0.152 e. The zero-order valence-corrected chi connectivity index (χ0v) is 12.9. The van der Waals surface area contributed by atoms with Crippen LogP contribution in [0.5, 0.6) is 0 Å². The predicted octanol–water partition coefficient (Wildman–Crippen LogP) is 0.143. The number of sulfone groups is 1. The Kier molecular flexibility index (Phi) is 4.10. The number of nitrogens with one attached hydrogen (secondary N) is 1. The molecule has 0 spiro atoms.